The molecule has 0 bridgehead atoms. The van der Waals surface area contributed by atoms with Gasteiger partial charge in [-0.05, 0) is 92.5 Å². The Labute approximate surface area is 167 Å². The molecule has 1 aliphatic rings. The number of hydrogen-bond donors (Lipinski definition) is 0. The van der Waals surface area contributed by atoms with Crippen LogP contribution in [0.2, 0.25) is 0 Å². The van der Waals surface area contributed by atoms with Crippen molar-refractivity contribution in [3.8, 4) is 5.75 Å². The Morgan fingerprint density at radius 2 is 1.89 bits per heavy atom. The summed E-state index contributed by atoms with van der Waals surface area (Å²) < 4.78 is 24.5. The van der Waals surface area contributed by atoms with Crippen molar-refractivity contribution in [3.05, 3.63) is 65.5 Å². The van der Waals surface area contributed by atoms with E-state index < -0.39 is 0 Å². The van der Waals surface area contributed by atoms with Crippen LogP contribution in [0.1, 0.15) is 50.2 Å². The SMILES string of the molecule is COc1ccc(C=NCC[C@H](c2ccc(F)cc2)[C@@H]2CCOC(C)(C)C2)cc1. The topological polar surface area (TPSA) is 30.8 Å². The minimum absolute atomic E-state index is 0.104. The second kappa shape index (κ2) is 9.33. The van der Waals surface area contributed by atoms with Crippen molar-refractivity contribution in [3.63, 3.8) is 0 Å². The monoisotopic (exact) mass is 383 g/mol. The van der Waals surface area contributed by atoms with Crippen molar-refractivity contribution < 1.29 is 13.9 Å². The summed E-state index contributed by atoms with van der Waals surface area (Å²) in [4.78, 5) is 4.64. The molecule has 2 atom stereocenters. The van der Waals surface area contributed by atoms with Crippen molar-refractivity contribution in [2.75, 3.05) is 20.3 Å². The lowest BCUT2D eigenvalue weighted by Gasteiger charge is -2.39. The maximum Gasteiger partial charge on any atom is 0.123 e. The van der Waals surface area contributed by atoms with Crippen molar-refractivity contribution in [2.24, 2.45) is 10.9 Å². The van der Waals surface area contributed by atoms with E-state index >= 15 is 0 Å². The van der Waals surface area contributed by atoms with Crippen LogP contribution in [0.15, 0.2) is 53.5 Å². The third-order valence-electron chi connectivity index (χ3n) is 5.53. The highest BCUT2D eigenvalue weighted by molar-refractivity contribution is 5.79. The predicted octanol–water partition coefficient (Wildman–Crippen LogP) is 5.63. The van der Waals surface area contributed by atoms with Gasteiger partial charge in [0.05, 0.1) is 12.7 Å². The molecule has 0 amide bonds. The Morgan fingerprint density at radius 1 is 1.18 bits per heavy atom. The number of nitrogens with zero attached hydrogens (tertiary/aromatic N) is 1. The lowest BCUT2D eigenvalue weighted by atomic mass is 9.75. The first-order chi connectivity index (χ1) is 13.5. The van der Waals surface area contributed by atoms with Crippen LogP contribution in [-0.2, 0) is 4.74 Å². The van der Waals surface area contributed by atoms with Gasteiger partial charge in [-0.2, -0.15) is 0 Å². The second-order valence-corrected chi connectivity index (χ2v) is 8.12. The molecule has 2 aromatic rings. The Kier molecular flexibility index (Phi) is 6.84. The molecule has 0 radical (unpaired) electrons. The van der Waals surface area contributed by atoms with E-state index in [-0.39, 0.29) is 11.4 Å². The second-order valence-electron chi connectivity index (χ2n) is 8.12. The minimum atomic E-state index is -0.188. The molecule has 4 heteroatoms. The maximum absolute atomic E-state index is 13.4. The number of hydrogen-bond acceptors (Lipinski definition) is 3. The molecule has 0 aliphatic carbocycles. The Morgan fingerprint density at radius 3 is 2.54 bits per heavy atom. The van der Waals surface area contributed by atoms with Gasteiger partial charge in [-0.25, -0.2) is 4.39 Å². The molecule has 2 aromatic carbocycles. The summed E-state index contributed by atoms with van der Waals surface area (Å²) >= 11 is 0. The summed E-state index contributed by atoms with van der Waals surface area (Å²) in [6.07, 6.45) is 4.90. The van der Waals surface area contributed by atoms with E-state index in [4.69, 9.17) is 9.47 Å². The van der Waals surface area contributed by atoms with Crippen LogP contribution in [0.25, 0.3) is 0 Å². The highest BCUT2D eigenvalue weighted by Crippen LogP contribution is 2.40. The molecule has 1 aliphatic heterocycles. The predicted molar refractivity (Wildman–Crippen MR) is 112 cm³/mol. The van der Waals surface area contributed by atoms with E-state index in [1.54, 1.807) is 19.2 Å². The van der Waals surface area contributed by atoms with Crippen LogP contribution in [0.3, 0.4) is 0 Å². The van der Waals surface area contributed by atoms with Crippen LogP contribution >= 0.6 is 0 Å². The number of benzene rings is 2. The van der Waals surface area contributed by atoms with E-state index in [1.807, 2.05) is 42.6 Å². The van der Waals surface area contributed by atoms with Crippen LogP contribution in [0.4, 0.5) is 4.39 Å². The molecule has 0 saturated carbocycles. The largest absolute Gasteiger partial charge is 0.497 e. The van der Waals surface area contributed by atoms with Gasteiger partial charge >= 0.3 is 0 Å². The molecular weight excluding hydrogens is 353 g/mol. The number of halogens is 1. The van der Waals surface area contributed by atoms with Crippen LogP contribution in [0.5, 0.6) is 5.75 Å². The summed E-state index contributed by atoms with van der Waals surface area (Å²) in [5, 5.41) is 0. The number of rotatable bonds is 7. The first-order valence-corrected chi connectivity index (χ1v) is 10.0. The fourth-order valence-corrected chi connectivity index (χ4v) is 4.08. The Hall–Kier alpha value is -2.20. The zero-order chi connectivity index (χ0) is 20.0. The summed E-state index contributed by atoms with van der Waals surface area (Å²) in [5.41, 5.74) is 2.16. The molecule has 1 saturated heterocycles. The third kappa shape index (κ3) is 5.65. The van der Waals surface area contributed by atoms with E-state index in [9.17, 15) is 4.39 Å². The molecule has 0 N–H and O–H groups in total. The van der Waals surface area contributed by atoms with Gasteiger partial charge in [0.25, 0.3) is 0 Å². The first kappa shape index (κ1) is 20.5. The molecule has 28 heavy (non-hydrogen) atoms. The van der Waals surface area contributed by atoms with Gasteiger partial charge in [0.15, 0.2) is 0 Å². The fourth-order valence-electron chi connectivity index (χ4n) is 4.08. The van der Waals surface area contributed by atoms with E-state index in [0.717, 1.165) is 43.7 Å². The van der Waals surface area contributed by atoms with Crippen molar-refractivity contribution >= 4 is 6.21 Å². The first-order valence-electron chi connectivity index (χ1n) is 10.0. The third-order valence-corrected chi connectivity index (χ3v) is 5.53. The summed E-state index contributed by atoms with van der Waals surface area (Å²) in [6.45, 7) is 5.84. The zero-order valence-corrected chi connectivity index (χ0v) is 17.0. The van der Waals surface area contributed by atoms with Crippen molar-refractivity contribution in [1.29, 1.82) is 0 Å². The zero-order valence-electron chi connectivity index (χ0n) is 17.0. The number of ether oxygens (including phenoxy) is 2. The lowest BCUT2D eigenvalue weighted by Crippen LogP contribution is -2.36. The summed E-state index contributed by atoms with van der Waals surface area (Å²) in [6, 6.07) is 14.9. The van der Waals surface area contributed by atoms with Gasteiger partial charge in [-0.3, -0.25) is 4.99 Å². The molecule has 1 heterocycles. The van der Waals surface area contributed by atoms with E-state index in [0.29, 0.717) is 11.8 Å². The molecule has 0 aromatic heterocycles. The lowest BCUT2D eigenvalue weighted by molar-refractivity contribution is -0.0771. The van der Waals surface area contributed by atoms with E-state index in [1.165, 1.54) is 5.56 Å². The molecule has 3 nitrogen and oxygen atoms in total. The standard InChI is InChI=1S/C24H30FNO2/c1-24(2)16-20(13-15-28-24)23(19-6-8-21(25)9-7-19)12-14-26-17-18-4-10-22(27-3)11-5-18/h4-11,17,20,23H,12-16H2,1-3H3/t20-,23-/m1/s1. The van der Waals surface area contributed by atoms with Crippen LogP contribution < -0.4 is 4.74 Å². The molecular formula is C24H30FNO2. The number of methoxy groups -OCH3 is 1. The highest BCUT2D eigenvalue weighted by Gasteiger charge is 2.33. The normalized spacial score (nSPS) is 20.2. The molecule has 150 valence electrons. The number of aliphatic imine (C=N–C) groups is 1. The quantitative estimate of drug-likeness (QED) is 0.580. The molecule has 0 spiro atoms. The van der Waals surface area contributed by atoms with E-state index in [2.05, 4.69) is 18.8 Å². The van der Waals surface area contributed by atoms with Crippen LogP contribution in [-0.4, -0.2) is 32.1 Å². The molecule has 0 unspecified atom stereocenters. The van der Waals surface area contributed by atoms with Crippen molar-refractivity contribution in [2.45, 2.75) is 44.6 Å². The smallest absolute Gasteiger partial charge is 0.123 e. The average Bonchev–Trinajstić information content (AvgIpc) is 2.69. The van der Waals surface area contributed by atoms with Gasteiger partial charge in [0.2, 0.25) is 0 Å². The molecule has 3 rings (SSSR count). The minimum Gasteiger partial charge on any atom is -0.497 e. The van der Waals surface area contributed by atoms with Gasteiger partial charge in [0, 0.05) is 19.4 Å². The Bertz CT molecular complexity index is 768. The Balaban J connectivity index is 1.68. The maximum atomic E-state index is 13.4. The van der Waals surface area contributed by atoms with Gasteiger partial charge < -0.3 is 9.47 Å². The highest BCUT2D eigenvalue weighted by atomic mass is 19.1. The van der Waals surface area contributed by atoms with Gasteiger partial charge in [-0.15, -0.1) is 0 Å². The molecule has 1 fully saturated rings. The fraction of sp³-hybridized carbons (Fsp3) is 0.458. The average molecular weight is 384 g/mol. The summed E-state index contributed by atoms with van der Waals surface area (Å²) in [5.74, 6) is 1.53. The van der Waals surface area contributed by atoms with Gasteiger partial charge in [0.1, 0.15) is 11.6 Å². The van der Waals surface area contributed by atoms with Crippen LogP contribution in [0, 0.1) is 11.7 Å². The van der Waals surface area contributed by atoms with Gasteiger partial charge in [-0.1, -0.05) is 12.1 Å². The summed E-state index contributed by atoms with van der Waals surface area (Å²) in [7, 11) is 1.66. The van der Waals surface area contributed by atoms with Crippen molar-refractivity contribution in [1.82, 2.24) is 0 Å².